The lowest BCUT2D eigenvalue weighted by atomic mass is 9.79. The predicted octanol–water partition coefficient (Wildman–Crippen LogP) is 3.39. The monoisotopic (exact) mass is 310 g/mol. The van der Waals surface area contributed by atoms with Crippen LogP contribution in [-0.4, -0.2) is 17.4 Å². The Bertz CT molecular complexity index is 368. The maximum Gasteiger partial charge on any atom is 0.224 e. The van der Waals surface area contributed by atoms with Crippen LogP contribution < -0.4 is 11.1 Å². The van der Waals surface area contributed by atoms with Crippen molar-refractivity contribution in [2.45, 2.75) is 84.6 Å². The fourth-order valence-corrected chi connectivity index (χ4v) is 3.49. The van der Waals surface area contributed by atoms with Crippen LogP contribution >= 0.6 is 0 Å². The second kappa shape index (κ2) is 8.54. The average Bonchev–Trinajstić information content (AvgIpc) is 2.88. The zero-order chi connectivity index (χ0) is 16.8. The molecular weight excluding hydrogens is 276 g/mol. The van der Waals surface area contributed by atoms with Crippen molar-refractivity contribution in [2.75, 3.05) is 0 Å². The third-order valence-electron chi connectivity index (χ3n) is 4.62. The molecule has 2 amide bonds. The number of primary amides is 1. The van der Waals surface area contributed by atoms with Crippen molar-refractivity contribution in [3.8, 4) is 0 Å². The van der Waals surface area contributed by atoms with E-state index < -0.39 is 0 Å². The molecule has 0 aromatic rings. The molecule has 4 heteroatoms. The minimum Gasteiger partial charge on any atom is -0.369 e. The second-order valence-corrected chi connectivity index (χ2v) is 7.88. The van der Waals surface area contributed by atoms with E-state index in [-0.39, 0.29) is 29.2 Å². The minimum atomic E-state index is -0.331. The van der Waals surface area contributed by atoms with E-state index in [1.807, 2.05) is 20.8 Å². The molecule has 1 unspecified atom stereocenters. The van der Waals surface area contributed by atoms with Crippen LogP contribution in [0.3, 0.4) is 0 Å². The maximum atomic E-state index is 12.7. The van der Waals surface area contributed by atoms with Gasteiger partial charge in [0.05, 0.1) is 0 Å². The fraction of sp³-hybridized carbons (Fsp3) is 0.889. The summed E-state index contributed by atoms with van der Waals surface area (Å²) in [5.41, 5.74) is 5.36. The highest BCUT2D eigenvalue weighted by Crippen LogP contribution is 2.34. The van der Waals surface area contributed by atoms with Crippen molar-refractivity contribution in [2.24, 2.45) is 23.5 Å². The third kappa shape index (κ3) is 6.37. The van der Waals surface area contributed by atoms with E-state index in [0.717, 1.165) is 25.7 Å². The lowest BCUT2D eigenvalue weighted by molar-refractivity contribution is -0.135. The molecule has 1 aliphatic carbocycles. The number of nitrogens with one attached hydrogen (secondary N) is 1. The SMILES string of the molecule is CCCC[C@H](C(N)=O)C(CC1CCCC1)C(=O)NC(C)(C)C. The normalized spacial score (nSPS) is 18.9. The molecule has 0 heterocycles. The van der Waals surface area contributed by atoms with Gasteiger partial charge >= 0.3 is 0 Å². The molecule has 0 saturated heterocycles. The van der Waals surface area contributed by atoms with E-state index in [1.54, 1.807) is 0 Å². The van der Waals surface area contributed by atoms with E-state index >= 15 is 0 Å². The van der Waals surface area contributed by atoms with E-state index in [1.165, 1.54) is 25.7 Å². The number of carbonyl (C=O) groups is 2. The molecule has 1 saturated carbocycles. The molecular formula is C18H34N2O2. The Morgan fingerprint density at radius 3 is 2.23 bits per heavy atom. The summed E-state index contributed by atoms with van der Waals surface area (Å²) in [6.07, 6.45) is 8.33. The van der Waals surface area contributed by atoms with Gasteiger partial charge in [-0.15, -0.1) is 0 Å². The molecule has 1 aliphatic rings. The molecule has 0 radical (unpaired) electrons. The highest BCUT2D eigenvalue weighted by Gasteiger charge is 2.35. The maximum absolute atomic E-state index is 12.7. The van der Waals surface area contributed by atoms with Crippen molar-refractivity contribution < 1.29 is 9.59 Å². The van der Waals surface area contributed by atoms with Gasteiger partial charge in [-0.05, 0) is 39.5 Å². The van der Waals surface area contributed by atoms with Gasteiger partial charge in [-0.1, -0.05) is 45.4 Å². The number of hydrogen-bond acceptors (Lipinski definition) is 2. The van der Waals surface area contributed by atoms with Crippen LogP contribution in [0.1, 0.15) is 79.1 Å². The molecule has 2 atom stereocenters. The molecule has 3 N–H and O–H groups in total. The number of rotatable bonds is 8. The lowest BCUT2D eigenvalue weighted by Crippen LogP contribution is -2.48. The highest BCUT2D eigenvalue weighted by atomic mass is 16.2. The van der Waals surface area contributed by atoms with Crippen LogP contribution in [0.5, 0.6) is 0 Å². The van der Waals surface area contributed by atoms with Crippen LogP contribution in [0.15, 0.2) is 0 Å². The van der Waals surface area contributed by atoms with Crippen LogP contribution in [0, 0.1) is 17.8 Å². The summed E-state index contributed by atoms with van der Waals surface area (Å²) >= 11 is 0. The molecule has 1 fully saturated rings. The van der Waals surface area contributed by atoms with Gasteiger partial charge in [-0.25, -0.2) is 0 Å². The highest BCUT2D eigenvalue weighted by molar-refractivity contribution is 5.87. The van der Waals surface area contributed by atoms with Gasteiger partial charge in [0, 0.05) is 17.4 Å². The van der Waals surface area contributed by atoms with Crippen molar-refractivity contribution in [1.82, 2.24) is 5.32 Å². The van der Waals surface area contributed by atoms with E-state index in [0.29, 0.717) is 5.92 Å². The Hall–Kier alpha value is -1.06. The molecule has 1 rings (SSSR count). The van der Waals surface area contributed by atoms with Crippen molar-refractivity contribution in [3.63, 3.8) is 0 Å². The number of nitrogens with two attached hydrogens (primary N) is 1. The zero-order valence-corrected chi connectivity index (χ0v) is 14.8. The first-order valence-electron chi connectivity index (χ1n) is 8.86. The van der Waals surface area contributed by atoms with Gasteiger partial charge in [0.25, 0.3) is 0 Å². The third-order valence-corrected chi connectivity index (χ3v) is 4.62. The molecule has 0 bridgehead atoms. The van der Waals surface area contributed by atoms with Crippen LogP contribution in [0.4, 0.5) is 0 Å². The second-order valence-electron chi connectivity index (χ2n) is 7.88. The summed E-state index contributed by atoms with van der Waals surface area (Å²) in [4.78, 5) is 24.7. The molecule has 0 aromatic heterocycles. The Balaban J connectivity index is 2.85. The van der Waals surface area contributed by atoms with Crippen LogP contribution in [0.25, 0.3) is 0 Å². The molecule has 128 valence electrons. The molecule has 0 aromatic carbocycles. The predicted molar refractivity (Wildman–Crippen MR) is 90.2 cm³/mol. The summed E-state index contributed by atoms with van der Waals surface area (Å²) in [5, 5.41) is 3.06. The van der Waals surface area contributed by atoms with Crippen molar-refractivity contribution in [3.05, 3.63) is 0 Å². The Labute approximate surface area is 135 Å². The summed E-state index contributed by atoms with van der Waals surface area (Å²) in [5.74, 6) is -0.353. The number of unbranched alkanes of at least 4 members (excludes halogenated alkanes) is 1. The van der Waals surface area contributed by atoms with Gasteiger partial charge in [-0.3, -0.25) is 9.59 Å². The summed E-state index contributed by atoms with van der Waals surface area (Å²) in [6.45, 7) is 8.02. The van der Waals surface area contributed by atoms with E-state index in [9.17, 15) is 9.59 Å². The fourth-order valence-electron chi connectivity index (χ4n) is 3.49. The van der Waals surface area contributed by atoms with Crippen molar-refractivity contribution >= 4 is 11.8 Å². The zero-order valence-electron chi connectivity index (χ0n) is 14.8. The van der Waals surface area contributed by atoms with E-state index in [2.05, 4.69) is 12.2 Å². The molecule has 0 aliphatic heterocycles. The van der Waals surface area contributed by atoms with Gasteiger partial charge < -0.3 is 11.1 Å². The van der Waals surface area contributed by atoms with Gasteiger partial charge in [0.1, 0.15) is 0 Å². The standard InChI is InChI=1S/C18H34N2O2/c1-5-6-11-14(16(19)21)15(12-13-9-7-8-10-13)17(22)20-18(2,3)4/h13-15H,5-12H2,1-4H3,(H2,19,21)(H,20,22)/t14-,15?/m0/s1. The average molecular weight is 310 g/mol. The molecule has 0 spiro atoms. The number of carbonyl (C=O) groups excluding carboxylic acids is 2. The Kier molecular flexibility index (Phi) is 7.37. The summed E-state index contributed by atoms with van der Waals surface area (Å²) in [7, 11) is 0. The Morgan fingerprint density at radius 2 is 1.77 bits per heavy atom. The number of amides is 2. The van der Waals surface area contributed by atoms with E-state index in [4.69, 9.17) is 5.73 Å². The van der Waals surface area contributed by atoms with Gasteiger partial charge in [-0.2, -0.15) is 0 Å². The summed E-state index contributed by atoms with van der Waals surface area (Å²) in [6, 6.07) is 0. The van der Waals surface area contributed by atoms with Gasteiger partial charge in [0.15, 0.2) is 0 Å². The van der Waals surface area contributed by atoms with Crippen LogP contribution in [-0.2, 0) is 9.59 Å². The Morgan fingerprint density at radius 1 is 1.18 bits per heavy atom. The van der Waals surface area contributed by atoms with Crippen LogP contribution in [0.2, 0.25) is 0 Å². The largest absolute Gasteiger partial charge is 0.369 e. The lowest BCUT2D eigenvalue weighted by Gasteiger charge is -2.30. The molecule has 4 nitrogen and oxygen atoms in total. The van der Waals surface area contributed by atoms with Crippen molar-refractivity contribution in [1.29, 1.82) is 0 Å². The van der Waals surface area contributed by atoms with Gasteiger partial charge in [0.2, 0.25) is 11.8 Å². The smallest absolute Gasteiger partial charge is 0.224 e. The first kappa shape index (κ1) is 19.0. The summed E-state index contributed by atoms with van der Waals surface area (Å²) < 4.78 is 0. The first-order valence-corrected chi connectivity index (χ1v) is 8.86. The quantitative estimate of drug-likeness (QED) is 0.721. The first-order chi connectivity index (χ1) is 10.2. The molecule has 22 heavy (non-hydrogen) atoms. The topological polar surface area (TPSA) is 72.2 Å². The minimum absolute atomic E-state index is 0.000645. The number of hydrogen-bond donors (Lipinski definition) is 2.